The van der Waals surface area contributed by atoms with E-state index in [1.54, 1.807) is 0 Å². The summed E-state index contributed by atoms with van der Waals surface area (Å²) in [6.45, 7) is 11.9. The van der Waals surface area contributed by atoms with Crippen molar-refractivity contribution in [3.8, 4) is 0 Å². The summed E-state index contributed by atoms with van der Waals surface area (Å²) in [6.07, 6.45) is 5.29. The Morgan fingerprint density at radius 2 is 2.22 bits per heavy atom. The zero-order valence-corrected chi connectivity index (χ0v) is 15.3. The molecule has 0 aliphatic carbocycles. The van der Waals surface area contributed by atoms with Crippen molar-refractivity contribution in [2.45, 2.75) is 39.2 Å². The molecule has 0 bridgehead atoms. The molecule has 1 aliphatic heterocycles. The molecule has 0 aromatic carbocycles. The van der Waals surface area contributed by atoms with Crippen LogP contribution in [-0.2, 0) is 7.05 Å². The van der Waals surface area contributed by atoms with Gasteiger partial charge in [-0.3, -0.25) is 14.6 Å². The first-order chi connectivity index (χ1) is 11.1. The van der Waals surface area contributed by atoms with Gasteiger partial charge < -0.3 is 10.2 Å². The van der Waals surface area contributed by atoms with Crippen LogP contribution >= 0.6 is 0 Å². The summed E-state index contributed by atoms with van der Waals surface area (Å²) in [5.74, 6) is 1.58. The van der Waals surface area contributed by atoms with Crippen molar-refractivity contribution in [2.75, 3.05) is 39.8 Å². The molecule has 1 saturated heterocycles. The number of nitrogens with zero attached hydrogens (tertiary/aromatic N) is 5. The Balaban J connectivity index is 1.87. The predicted octanol–water partition coefficient (Wildman–Crippen LogP) is 1.52. The minimum Gasteiger partial charge on any atom is -0.355 e. The molecule has 2 unspecified atom stereocenters. The Morgan fingerprint density at radius 3 is 2.78 bits per heavy atom. The van der Waals surface area contributed by atoms with Gasteiger partial charge in [-0.15, -0.1) is 0 Å². The average molecular weight is 320 g/mol. The molecule has 0 saturated carbocycles. The Bertz CT molecular complexity index is 505. The standard InChI is InChI=1S/C17H32N6/c1-6-22(7-2)14(3)10-19-17(18-4)23-9-8-15(13-23)16-11-20-21(5)12-16/h11-12,14-15H,6-10,13H2,1-5H3,(H,18,19). The summed E-state index contributed by atoms with van der Waals surface area (Å²) in [4.78, 5) is 9.31. The summed E-state index contributed by atoms with van der Waals surface area (Å²) in [7, 11) is 3.85. The lowest BCUT2D eigenvalue weighted by Gasteiger charge is -2.29. The topological polar surface area (TPSA) is 48.7 Å². The van der Waals surface area contributed by atoms with Crippen LogP contribution in [0.15, 0.2) is 17.4 Å². The maximum absolute atomic E-state index is 4.48. The van der Waals surface area contributed by atoms with E-state index in [4.69, 9.17) is 0 Å². The fraction of sp³-hybridized carbons (Fsp3) is 0.765. The van der Waals surface area contributed by atoms with Crippen LogP contribution in [0.25, 0.3) is 0 Å². The molecule has 1 N–H and O–H groups in total. The van der Waals surface area contributed by atoms with Crippen molar-refractivity contribution < 1.29 is 0 Å². The van der Waals surface area contributed by atoms with Crippen molar-refractivity contribution in [2.24, 2.45) is 12.0 Å². The molecule has 130 valence electrons. The van der Waals surface area contributed by atoms with E-state index in [0.717, 1.165) is 45.1 Å². The number of aryl methyl sites for hydroxylation is 1. The number of hydrogen-bond acceptors (Lipinski definition) is 3. The van der Waals surface area contributed by atoms with Crippen LogP contribution in [0.4, 0.5) is 0 Å². The van der Waals surface area contributed by atoms with E-state index in [2.05, 4.69) is 52.2 Å². The van der Waals surface area contributed by atoms with E-state index in [0.29, 0.717) is 12.0 Å². The Morgan fingerprint density at radius 1 is 1.48 bits per heavy atom. The van der Waals surface area contributed by atoms with Crippen LogP contribution in [0, 0.1) is 0 Å². The first-order valence-corrected chi connectivity index (χ1v) is 8.77. The molecule has 0 amide bonds. The molecule has 1 aliphatic rings. The highest BCUT2D eigenvalue weighted by Crippen LogP contribution is 2.26. The molecule has 2 rings (SSSR count). The quantitative estimate of drug-likeness (QED) is 0.638. The van der Waals surface area contributed by atoms with Gasteiger partial charge in [0.05, 0.1) is 6.20 Å². The highest BCUT2D eigenvalue weighted by molar-refractivity contribution is 5.80. The summed E-state index contributed by atoms with van der Waals surface area (Å²) >= 11 is 0. The van der Waals surface area contributed by atoms with E-state index in [1.165, 1.54) is 5.56 Å². The molecule has 2 atom stereocenters. The number of nitrogens with one attached hydrogen (secondary N) is 1. The van der Waals surface area contributed by atoms with E-state index < -0.39 is 0 Å². The van der Waals surface area contributed by atoms with Gasteiger partial charge in [0.15, 0.2) is 5.96 Å². The third-order valence-electron chi connectivity index (χ3n) is 4.89. The molecular weight excluding hydrogens is 288 g/mol. The van der Waals surface area contributed by atoms with E-state index >= 15 is 0 Å². The second kappa shape index (κ2) is 8.34. The third-order valence-corrected chi connectivity index (χ3v) is 4.89. The molecule has 0 radical (unpaired) electrons. The molecule has 6 nitrogen and oxygen atoms in total. The molecule has 2 heterocycles. The zero-order chi connectivity index (χ0) is 16.8. The van der Waals surface area contributed by atoms with Gasteiger partial charge in [0.25, 0.3) is 0 Å². The van der Waals surface area contributed by atoms with Crippen molar-refractivity contribution in [1.29, 1.82) is 0 Å². The van der Waals surface area contributed by atoms with Gasteiger partial charge >= 0.3 is 0 Å². The third kappa shape index (κ3) is 4.47. The van der Waals surface area contributed by atoms with Gasteiger partial charge in [0.2, 0.25) is 0 Å². The lowest BCUT2D eigenvalue weighted by molar-refractivity contribution is 0.230. The maximum Gasteiger partial charge on any atom is 0.193 e. The van der Waals surface area contributed by atoms with Crippen molar-refractivity contribution in [3.63, 3.8) is 0 Å². The fourth-order valence-electron chi connectivity index (χ4n) is 3.42. The molecular formula is C17H32N6. The number of aliphatic imine (C=N–C) groups is 1. The number of guanidine groups is 1. The van der Waals surface area contributed by atoms with Crippen molar-refractivity contribution in [3.05, 3.63) is 18.0 Å². The normalized spacial score (nSPS) is 20.3. The lowest BCUT2D eigenvalue weighted by atomic mass is 10.0. The van der Waals surface area contributed by atoms with Gasteiger partial charge in [-0.25, -0.2) is 0 Å². The summed E-state index contributed by atoms with van der Waals surface area (Å²) in [6, 6.07) is 0.512. The first-order valence-electron chi connectivity index (χ1n) is 8.77. The number of likely N-dealkylation sites (N-methyl/N-ethyl adjacent to an activating group) is 1. The zero-order valence-electron chi connectivity index (χ0n) is 15.3. The summed E-state index contributed by atoms with van der Waals surface area (Å²) in [5.41, 5.74) is 1.34. The predicted molar refractivity (Wildman–Crippen MR) is 95.9 cm³/mol. The minimum absolute atomic E-state index is 0.512. The van der Waals surface area contributed by atoms with Gasteiger partial charge in [-0.2, -0.15) is 5.10 Å². The van der Waals surface area contributed by atoms with Crippen LogP contribution in [0.3, 0.4) is 0 Å². The average Bonchev–Trinajstić information content (AvgIpc) is 3.18. The maximum atomic E-state index is 4.48. The molecule has 1 aromatic rings. The number of rotatable bonds is 6. The van der Waals surface area contributed by atoms with Gasteiger partial charge in [0.1, 0.15) is 0 Å². The van der Waals surface area contributed by atoms with E-state index in [1.807, 2.05) is 25.0 Å². The van der Waals surface area contributed by atoms with Crippen LogP contribution in [0.5, 0.6) is 0 Å². The monoisotopic (exact) mass is 320 g/mol. The van der Waals surface area contributed by atoms with Gasteiger partial charge in [-0.1, -0.05) is 13.8 Å². The SMILES string of the molecule is CCN(CC)C(C)CNC(=NC)N1CCC(c2cnn(C)c2)C1. The first kappa shape index (κ1) is 17.8. The summed E-state index contributed by atoms with van der Waals surface area (Å²) < 4.78 is 1.89. The Hall–Kier alpha value is -1.56. The van der Waals surface area contributed by atoms with Crippen molar-refractivity contribution >= 4 is 5.96 Å². The van der Waals surface area contributed by atoms with Crippen LogP contribution in [0.1, 0.15) is 38.7 Å². The van der Waals surface area contributed by atoms with Crippen molar-refractivity contribution in [1.82, 2.24) is 24.9 Å². The second-order valence-electron chi connectivity index (χ2n) is 6.38. The van der Waals surface area contributed by atoms with E-state index in [9.17, 15) is 0 Å². The lowest BCUT2D eigenvalue weighted by Crippen LogP contribution is -2.46. The highest BCUT2D eigenvalue weighted by atomic mass is 15.3. The highest BCUT2D eigenvalue weighted by Gasteiger charge is 2.27. The Kier molecular flexibility index (Phi) is 6.45. The molecule has 1 aromatic heterocycles. The van der Waals surface area contributed by atoms with Crippen LogP contribution in [0.2, 0.25) is 0 Å². The number of likely N-dealkylation sites (tertiary alicyclic amines) is 1. The fourth-order valence-corrected chi connectivity index (χ4v) is 3.42. The second-order valence-corrected chi connectivity index (χ2v) is 6.38. The minimum atomic E-state index is 0.512. The van der Waals surface area contributed by atoms with Gasteiger partial charge in [-0.05, 0) is 32.0 Å². The summed E-state index contributed by atoms with van der Waals surface area (Å²) in [5, 5.41) is 7.85. The molecule has 23 heavy (non-hydrogen) atoms. The molecule has 6 heteroatoms. The van der Waals surface area contributed by atoms with Crippen LogP contribution < -0.4 is 5.32 Å². The number of aromatic nitrogens is 2. The smallest absolute Gasteiger partial charge is 0.193 e. The molecule has 1 fully saturated rings. The largest absolute Gasteiger partial charge is 0.355 e. The van der Waals surface area contributed by atoms with Gasteiger partial charge in [0, 0.05) is 51.9 Å². The van der Waals surface area contributed by atoms with Crippen LogP contribution in [-0.4, -0.2) is 71.4 Å². The number of hydrogen-bond donors (Lipinski definition) is 1. The van der Waals surface area contributed by atoms with E-state index in [-0.39, 0.29) is 0 Å². The molecule has 0 spiro atoms. The Labute approximate surface area is 140 Å².